The lowest BCUT2D eigenvalue weighted by molar-refractivity contribution is -0.128. The Labute approximate surface area is 144 Å². The van der Waals surface area contributed by atoms with Crippen molar-refractivity contribution < 1.29 is 14.3 Å². The van der Waals surface area contributed by atoms with Crippen molar-refractivity contribution >= 4 is 17.5 Å². The van der Waals surface area contributed by atoms with Gasteiger partial charge >= 0.3 is 0 Å². The smallest absolute Gasteiger partial charge is 0.246 e. The molecule has 1 aromatic carbocycles. The molecule has 0 aliphatic heterocycles. The van der Waals surface area contributed by atoms with Gasteiger partial charge in [-0.15, -0.1) is 0 Å². The fourth-order valence-corrected chi connectivity index (χ4v) is 2.20. The molecule has 3 N–H and O–H groups in total. The van der Waals surface area contributed by atoms with E-state index in [-0.39, 0.29) is 23.8 Å². The van der Waals surface area contributed by atoms with Crippen LogP contribution in [0.2, 0.25) is 0 Å². The number of benzene rings is 1. The average molecular weight is 335 g/mol. The van der Waals surface area contributed by atoms with Crippen molar-refractivity contribution in [3.8, 4) is 0 Å². The maximum Gasteiger partial charge on any atom is 0.246 e. The largest absolute Gasteiger partial charge is 0.380 e. The third-order valence-corrected chi connectivity index (χ3v) is 3.56. The van der Waals surface area contributed by atoms with Gasteiger partial charge in [-0.3, -0.25) is 9.59 Å². The number of hydrogen-bond acceptors (Lipinski definition) is 4. The number of hydrogen-bond donors (Lipinski definition) is 3. The highest BCUT2D eigenvalue weighted by atomic mass is 16.5. The van der Waals surface area contributed by atoms with Crippen molar-refractivity contribution in [1.29, 1.82) is 0 Å². The van der Waals surface area contributed by atoms with Crippen LogP contribution in [0.25, 0.3) is 0 Å². The molecule has 0 aliphatic carbocycles. The lowest BCUT2D eigenvalue weighted by atomic mass is 10.0. The van der Waals surface area contributed by atoms with E-state index in [1.165, 1.54) is 0 Å². The van der Waals surface area contributed by atoms with Crippen LogP contribution in [0.4, 0.5) is 5.69 Å². The van der Waals surface area contributed by atoms with Gasteiger partial charge in [-0.05, 0) is 31.9 Å². The van der Waals surface area contributed by atoms with E-state index < -0.39 is 6.04 Å². The predicted octanol–water partition coefficient (Wildman–Crippen LogP) is 1.78. The molecule has 0 fully saturated rings. The van der Waals surface area contributed by atoms with E-state index in [1.807, 2.05) is 39.0 Å². The first-order valence-electron chi connectivity index (χ1n) is 8.43. The Bertz CT molecular complexity index is 505. The van der Waals surface area contributed by atoms with Gasteiger partial charge in [0, 0.05) is 18.8 Å². The Kier molecular flexibility index (Phi) is 9.04. The van der Waals surface area contributed by atoms with Crippen molar-refractivity contribution in [3.05, 3.63) is 30.3 Å². The lowest BCUT2D eigenvalue weighted by Crippen LogP contribution is -2.52. The first-order valence-corrected chi connectivity index (χ1v) is 8.43. The van der Waals surface area contributed by atoms with E-state index in [9.17, 15) is 9.59 Å². The average Bonchev–Trinajstić information content (AvgIpc) is 2.55. The summed E-state index contributed by atoms with van der Waals surface area (Å²) < 4.78 is 5.27. The van der Waals surface area contributed by atoms with Crippen LogP contribution < -0.4 is 16.0 Å². The molecule has 2 amide bonds. The molecule has 0 aliphatic rings. The number of para-hydroxylation sites is 1. The Balaban J connectivity index is 2.51. The highest BCUT2D eigenvalue weighted by Gasteiger charge is 2.24. The molecule has 24 heavy (non-hydrogen) atoms. The van der Waals surface area contributed by atoms with Gasteiger partial charge < -0.3 is 20.7 Å². The Morgan fingerprint density at radius 1 is 1.08 bits per heavy atom. The minimum absolute atomic E-state index is 0.107. The zero-order valence-corrected chi connectivity index (χ0v) is 15.0. The minimum Gasteiger partial charge on any atom is -0.380 e. The first-order chi connectivity index (χ1) is 11.5. The molecule has 0 heterocycles. The fraction of sp³-hybridized carbons (Fsp3) is 0.556. The molecular formula is C18H29N3O3. The molecule has 0 aromatic heterocycles. The van der Waals surface area contributed by atoms with E-state index in [0.717, 1.165) is 0 Å². The third-order valence-electron chi connectivity index (χ3n) is 3.56. The molecule has 6 nitrogen and oxygen atoms in total. The molecule has 134 valence electrons. The number of carbonyl (C=O) groups excluding carboxylic acids is 2. The molecule has 0 bridgehead atoms. The van der Waals surface area contributed by atoms with E-state index in [2.05, 4.69) is 16.0 Å². The highest BCUT2D eigenvalue weighted by molar-refractivity contribution is 5.97. The topological polar surface area (TPSA) is 79.5 Å². The fourth-order valence-electron chi connectivity index (χ4n) is 2.20. The number of ether oxygens (including phenoxy) is 1. The minimum atomic E-state index is -0.618. The van der Waals surface area contributed by atoms with E-state index in [1.54, 1.807) is 19.1 Å². The summed E-state index contributed by atoms with van der Waals surface area (Å²) in [5.41, 5.74) is 0.707. The van der Waals surface area contributed by atoms with Gasteiger partial charge in [0.25, 0.3) is 0 Å². The summed E-state index contributed by atoms with van der Waals surface area (Å²) in [5, 5.41) is 8.73. The second kappa shape index (κ2) is 10.8. The van der Waals surface area contributed by atoms with Gasteiger partial charge in [0.1, 0.15) is 6.04 Å². The SMILES string of the molecule is CCOCCN[C@@H](C(=O)N[C@H](C)C(=O)Nc1ccccc1)C(C)C. The van der Waals surface area contributed by atoms with Crippen LogP contribution in [0.3, 0.4) is 0 Å². The summed E-state index contributed by atoms with van der Waals surface area (Å²) in [5.74, 6) is -0.320. The number of carbonyl (C=O) groups is 2. The number of nitrogens with one attached hydrogen (secondary N) is 3. The standard InChI is InChI=1S/C18H29N3O3/c1-5-24-12-11-19-16(13(2)3)18(23)20-14(4)17(22)21-15-9-7-6-8-10-15/h6-10,13-14,16,19H,5,11-12H2,1-4H3,(H,20,23)(H,21,22)/t14-,16-/m1/s1. The quantitative estimate of drug-likeness (QED) is 0.570. The highest BCUT2D eigenvalue weighted by Crippen LogP contribution is 2.06. The van der Waals surface area contributed by atoms with Crippen molar-refractivity contribution in [1.82, 2.24) is 10.6 Å². The van der Waals surface area contributed by atoms with Crippen molar-refractivity contribution in [2.45, 2.75) is 39.8 Å². The first kappa shape index (κ1) is 20.1. The van der Waals surface area contributed by atoms with Crippen LogP contribution in [0.1, 0.15) is 27.7 Å². The molecule has 0 radical (unpaired) electrons. The van der Waals surface area contributed by atoms with Crippen LogP contribution in [-0.4, -0.2) is 43.7 Å². The van der Waals surface area contributed by atoms with Crippen LogP contribution >= 0.6 is 0 Å². The summed E-state index contributed by atoms with van der Waals surface area (Å²) >= 11 is 0. The molecule has 1 aromatic rings. The van der Waals surface area contributed by atoms with Gasteiger partial charge in [0.15, 0.2) is 0 Å². The number of rotatable bonds is 10. The van der Waals surface area contributed by atoms with Gasteiger partial charge in [0.05, 0.1) is 12.6 Å². The van der Waals surface area contributed by atoms with Crippen molar-refractivity contribution in [2.75, 3.05) is 25.1 Å². The summed E-state index contributed by atoms with van der Waals surface area (Å²) in [6.07, 6.45) is 0. The zero-order chi connectivity index (χ0) is 17.9. The van der Waals surface area contributed by atoms with Gasteiger partial charge in [0.2, 0.25) is 11.8 Å². The summed E-state index contributed by atoms with van der Waals surface area (Å²) in [4.78, 5) is 24.6. The van der Waals surface area contributed by atoms with Crippen LogP contribution in [0, 0.1) is 5.92 Å². The van der Waals surface area contributed by atoms with E-state index in [4.69, 9.17) is 4.74 Å². The van der Waals surface area contributed by atoms with Crippen molar-refractivity contribution in [3.63, 3.8) is 0 Å². The molecular weight excluding hydrogens is 306 g/mol. The lowest BCUT2D eigenvalue weighted by Gasteiger charge is -2.23. The summed E-state index contributed by atoms with van der Waals surface area (Å²) in [7, 11) is 0. The predicted molar refractivity (Wildman–Crippen MR) is 95.8 cm³/mol. The zero-order valence-electron chi connectivity index (χ0n) is 15.0. The van der Waals surface area contributed by atoms with Gasteiger partial charge in [-0.25, -0.2) is 0 Å². The maximum absolute atomic E-state index is 12.4. The molecule has 0 spiro atoms. The molecule has 0 unspecified atom stereocenters. The molecule has 1 rings (SSSR count). The van der Waals surface area contributed by atoms with Crippen molar-refractivity contribution in [2.24, 2.45) is 5.92 Å². The van der Waals surface area contributed by atoms with Crippen LogP contribution in [0.5, 0.6) is 0 Å². The Hall–Kier alpha value is -1.92. The molecule has 0 saturated carbocycles. The van der Waals surface area contributed by atoms with E-state index >= 15 is 0 Å². The summed E-state index contributed by atoms with van der Waals surface area (Å²) in [6, 6.07) is 8.19. The van der Waals surface area contributed by atoms with Gasteiger partial charge in [-0.1, -0.05) is 32.0 Å². The van der Waals surface area contributed by atoms with E-state index in [0.29, 0.717) is 25.4 Å². The number of anilines is 1. The second-order valence-corrected chi connectivity index (χ2v) is 5.96. The Morgan fingerprint density at radius 3 is 2.33 bits per heavy atom. The molecule has 0 saturated heterocycles. The number of amides is 2. The third kappa shape index (κ3) is 7.10. The molecule has 6 heteroatoms. The van der Waals surface area contributed by atoms with Gasteiger partial charge in [-0.2, -0.15) is 0 Å². The summed E-state index contributed by atoms with van der Waals surface area (Å²) in [6.45, 7) is 9.33. The second-order valence-electron chi connectivity index (χ2n) is 5.96. The normalized spacial score (nSPS) is 13.4. The Morgan fingerprint density at radius 2 is 1.75 bits per heavy atom. The maximum atomic E-state index is 12.4. The van der Waals surface area contributed by atoms with Crippen LogP contribution in [-0.2, 0) is 14.3 Å². The molecule has 2 atom stereocenters. The van der Waals surface area contributed by atoms with Crippen LogP contribution in [0.15, 0.2) is 30.3 Å². The monoisotopic (exact) mass is 335 g/mol.